The summed E-state index contributed by atoms with van der Waals surface area (Å²) in [6.07, 6.45) is 0. The molecule has 102 valence electrons. The summed E-state index contributed by atoms with van der Waals surface area (Å²) in [5.41, 5.74) is 1.07. The summed E-state index contributed by atoms with van der Waals surface area (Å²) in [5, 5.41) is 2.68. The van der Waals surface area contributed by atoms with E-state index in [0.29, 0.717) is 0 Å². The molecular weight excluding hydrogens is 244 g/mol. The van der Waals surface area contributed by atoms with Crippen LogP contribution < -0.4 is 5.32 Å². The molecule has 1 saturated heterocycles. The maximum absolute atomic E-state index is 12.3. The fraction of sp³-hybridized carbons (Fsp3) is 0.429. The molecule has 3 amide bonds. The fourth-order valence-corrected chi connectivity index (χ4v) is 2.27. The van der Waals surface area contributed by atoms with Gasteiger partial charge in [-0.25, -0.2) is 4.79 Å². The number of imide groups is 1. The molecule has 1 atom stereocenters. The Morgan fingerprint density at radius 2 is 2.11 bits per heavy atom. The lowest BCUT2D eigenvalue weighted by atomic mass is 10.0. The van der Waals surface area contributed by atoms with Crippen LogP contribution in [-0.2, 0) is 16.1 Å². The van der Waals surface area contributed by atoms with E-state index in [9.17, 15) is 9.59 Å². The lowest BCUT2D eigenvalue weighted by Gasteiger charge is -2.20. The van der Waals surface area contributed by atoms with Crippen LogP contribution in [0.2, 0.25) is 0 Å². The first-order chi connectivity index (χ1) is 8.96. The Kier molecular flexibility index (Phi) is 3.57. The Labute approximate surface area is 112 Å². The first-order valence-electron chi connectivity index (χ1n) is 6.15. The summed E-state index contributed by atoms with van der Waals surface area (Å²) in [4.78, 5) is 25.4. The van der Waals surface area contributed by atoms with Gasteiger partial charge in [-0.3, -0.25) is 9.69 Å². The van der Waals surface area contributed by atoms with Crippen LogP contribution in [0, 0.1) is 6.92 Å². The minimum Gasteiger partial charge on any atom is -0.382 e. The zero-order valence-electron chi connectivity index (χ0n) is 11.4. The van der Waals surface area contributed by atoms with Crippen molar-refractivity contribution in [1.82, 2.24) is 10.2 Å². The third kappa shape index (κ3) is 2.61. The maximum atomic E-state index is 12.3. The number of ether oxygens (including phenoxy) is 1. The van der Waals surface area contributed by atoms with Gasteiger partial charge in [-0.15, -0.1) is 0 Å². The molecule has 1 aliphatic heterocycles. The van der Waals surface area contributed by atoms with Crippen LogP contribution >= 0.6 is 0 Å². The van der Waals surface area contributed by atoms with E-state index in [4.69, 9.17) is 4.74 Å². The zero-order valence-corrected chi connectivity index (χ0v) is 11.4. The summed E-state index contributed by atoms with van der Waals surface area (Å²) in [6, 6.07) is 7.39. The maximum Gasteiger partial charge on any atom is 0.325 e. The van der Waals surface area contributed by atoms with Crippen molar-refractivity contribution < 1.29 is 14.3 Å². The fourth-order valence-electron chi connectivity index (χ4n) is 2.27. The van der Waals surface area contributed by atoms with Crippen LogP contribution in [0.25, 0.3) is 0 Å². The number of hydrogen-bond donors (Lipinski definition) is 1. The number of aryl methyl sites for hydroxylation is 1. The monoisotopic (exact) mass is 262 g/mol. The van der Waals surface area contributed by atoms with Crippen LogP contribution in [0.1, 0.15) is 18.1 Å². The quantitative estimate of drug-likeness (QED) is 0.836. The highest BCUT2D eigenvalue weighted by Gasteiger charge is 2.47. The number of hydrogen-bond acceptors (Lipinski definition) is 3. The molecule has 0 radical (unpaired) electrons. The molecule has 1 unspecified atom stereocenters. The van der Waals surface area contributed by atoms with Gasteiger partial charge in [-0.1, -0.05) is 29.8 Å². The normalized spacial score (nSPS) is 22.8. The second kappa shape index (κ2) is 5.01. The van der Waals surface area contributed by atoms with Gasteiger partial charge >= 0.3 is 6.03 Å². The predicted octanol–water partition coefficient (Wildman–Crippen LogP) is 1.45. The minimum absolute atomic E-state index is 0.169. The van der Waals surface area contributed by atoms with Crippen molar-refractivity contribution in [3.8, 4) is 0 Å². The van der Waals surface area contributed by atoms with Crippen LogP contribution in [0.5, 0.6) is 0 Å². The Hall–Kier alpha value is -1.88. The number of carbonyl (C=O) groups is 2. The number of nitrogens with one attached hydrogen (secondary N) is 1. The predicted molar refractivity (Wildman–Crippen MR) is 70.5 cm³/mol. The van der Waals surface area contributed by atoms with E-state index in [-0.39, 0.29) is 25.1 Å². The van der Waals surface area contributed by atoms with Crippen molar-refractivity contribution >= 4 is 11.9 Å². The number of amides is 3. The minimum atomic E-state index is -0.963. The Morgan fingerprint density at radius 1 is 1.37 bits per heavy atom. The van der Waals surface area contributed by atoms with Gasteiger partial charge in [0.15, 0.2) is 0 Å². The lowest BCUT2D eigenvalue weighted by Crippen LogP contribution is -2.47. The van der Waals surface area contributed by atoms with Gasteiger partial charge in [0.1, 0.15) is 5.54 Å². The molecule has 2 rings (SSSR count). The van der Waals surface area contributed by atoms with E-state index in [1.165, 1.54) is 12.0 Å². The summed E-state index contributed by atoms with van der Waals surface area (Å²) in [5.74, 6) is -0.249. The van der Waals surface area contributed by atoms with Crippen molar-refractivity contribution in [1.29, 1.82) is 0 Å². The molecule has 1 aromatic carbocycles. The van der Waals surface area contributed by atoms with Crippen molar-refractivity contribution in [3.63, 3.8) is 0 Å². The molecule has 1 aliphatic rings. The number of benzene rings is 1. The van der Waals surface area contributed by atoms with E-state index < -0.39 is 5.54 Å². The largest absolute Gasteiger partial charge is 0.382 e. The Balaban J connectivity index is 2.17. The molecule has 0 aromatic heterocycles. The van der Waals surface area contributed by atoms with Crippen LogP contribution in [0.3, 0.4) is 0 Å². The van der Waals surface area contributed by atoms with E-state index in [1.54, 1.807) is 6.92 Å². The Morgan fingerprint density at radius 3 is 2.74 bits per heavy atom. The molecule has 0 saturated carbocycles. The summed E-state index contributed by atoms with van der Waals surface area (Å²) in [7, 11) is 1.51. The smallest absolute Gasteiger partial charge is 0.325 e. The highest BCUT2D eigenvalue weighted by molar-refractivity contribution is 6.06. The molecule has 0 aliphatic carbocycles. The zero-order chi connectivity index (χ0) is 14.0. The van der Waals surface area contributed by atoms with E-state index in [2.05, 4.69) is 5.32 Å². The molecule has 0 spiro atoms. The van der Waals surface area contributed by atoms with E-state index >= 15 is 0 Å². The second-order valence-corrected chi connectivity index (χ2v) is 5.08. The molecule has 5 nitrogen and oxygen atoms in total. The third-order valence-corrected chi connectivity index (χ3v) is 3.20. The average molecular weight is 262 g/mol. The molecule has 1 aromatic rings. The van der Waals surface area contributed by atoms with Gasteiger partial charge in [-0.2, -0.15) is 0 Å². The van der Waals surface area contributed by atoms with Gasteiger partial charge in [0.2, 0.25) is 0 Å². The SMILES string of the molecule is COCC1(C)NC(=O)N(Cc2cccc(C)c2)C1=O. The molecule has 0 bridgehead atoms. The van der Waals surface area contributed by atoms with Crippen LogP contribution in [0.4, 0.5) is 4.79 Å². The van der Waals surface area contributed by atoms with Crippen molar-refractivity contribution in [2.45, 2.75) is 25.9 Å². The first-order valence-corrected chi connectivity index (χ1v) is 6.15. The van der Waals surface area contributed by atoms with Crippen molar-refractivity contribution in [2.24, 2.45) is 0 Å². The van der Waals surface area contributed by atoms with Crippen LogP contribution in [-0.4, -0.2) is 36.1 Å². The van der Waals surface area contributed by atoms with Crippen LogP contribution in [0.15, 0.2) is 24.3 Å². The number of methoxy groups -OCH3 is 1. The van der Waals surface area contributed by atoms with Gasteiger partial charge in [-0.05, 0) is 19.4 Å². The third-order valence-electron chi connectivity index (χ3n) is 3.20. The molecule has 5 heteroatoms. The first kappa shape index (κ1) is 13.5. The van der Waals surface area contributed by atoms with E-state index in [1.807, 2.05) is 31.2 Å². The number of rotatable bonds is 4. The Bertz CT molecular complexity index is 515. The standard InChI is InChI=1S/C14H18N2O3/c1-10-5-4-6-11(7-10)8-16-12(17)14(2,9-19-3)15-13(16)18/h4-7H,8-9H2,1-3H3,(H,15,18). The van der Waals surface area contributed by atoms with E-state index in [0.717, 1.165) is 11.1 Å². The molecule has 19 heavy (non-hydrogen) atoms. The molecule has 1 N–H and O–H groups in total. The second-order valence-electron chi connectivity index (χ2n) is 5.08. The summed E-state index contributed by atoms with van der Waals surface area (Å²) < 4.78 is 5.00. The lowest BCUT2D eigenvalue weighted by molar-refractivity contribution is -0.132. The number of carbonyl (C=O) groups excluding carboxylic acids is 2. The van der Waals surface area contributed by atoms with Crippen molar-refractivity contribution in [2.75, 3.05) is 13.7 Å². The molecule has 1 fully saturated rings. The van der Waals surface area contributed by atoms with Gasteiger partial charge < -0.3 is 10.1 Å². The molecule has 1 heterocycles. The van der Waals surface area contributed by atoms with Crippen molar-refractivity contribution in [3.05, 3.63) is 35.4 Å². The number of urea groups is 1. The highest BCUT2D eigenvalue weighted by Crippen LogP contribution is 2.20. The summed E-state index contributed by atoms with van der Waals surface area (Å²) >= 11 is 0. The molecular formula is C14H18N2O3. The summed E-state index contributed by atoms with van der Waals surface area (Å²) in [6.45, 7) is 4.10. The average Bonchev–Trinajstić information content (AvgIpc) is 2.54. The number of nitrogens with zero attached hydrogens (tertiary/aromatic N) is 1. The van der Waals surface area contributed by atoms with Gasteiger partial charge in [0.05, 0.1) is 13.2 Å². The van der Waals surface area contributed by atoms with Gasteiger partial charge in [0.25, 0.3) is 5.91 Å². The van der Waals surface area contributed by atoms with Gasteiger partial charge in [0, 0.05) is 7.11 Å². The highest BCUT2D eigenvalue weighted by atomic mass is 16.5. The topological polar surface area (TPSA) is 58.6 Å².